The lowest BCUT2D eigenvalue weighted by Gasteiger charge is -2.21. The summed E-state index contributed by atoms with van der Waals surface area (Å²) in [6.45, 7) is 0.529. The molecule has 2 rings (SSSR count). The highest BCUT2D eigenvalue weighted by atomic mass is 32.1. The van der Waals surface area contributed by atoms with E-state index < -0.39 is 0 Å². The first-order valence-corrected chi connectivity index (χ1v) is 6.96. The molecular weight excluding hydrogens is 276 g/mol. The Bertz CT molecular complexity index is 565. The Kier molecular flexibility index (Phi) is 4.52. The van der Waals surface area contributed by atoms with Crippen molar-refractivity contribution in [3.8, 4) is 0 Å². The van der Waals surface area contributed by atoms with E-state index in [4.69, 9.17) is 0 Å². The molecule has 106 valence electrons. The van der Waals surface area contributed by atoms with Gasteiger partial charge in [-0.2, -0.15) is 5.10 Å². The highest BCUT2D eigenvalue weighted by Gasteiger charge is 2.18. The van der Waals surface area contributed by atoms with Crippen LogP contribution in [0.15, 0.2) is 29.9 Å². The molecule has 0 atom stereocenters. The molecule has 0 aliphatic heterocycles. The average molecular weight is 292 g/mol. The fourth-order valence-electron chi connectivity index (χ4n) is 1.71. The summed E-state index contributed by atoms with van der Waals surface area (Å²) in [5.74, 6) is -0.247. The highest BCUT2D eigenvalue weighted by Crippen LogP contribution is 2.11. The third-order valence-electron chi connectivity index (χ3n) is 2.85. The zero-order valence-electron chi connectivity index (χ0n) is 11.4. The van der Waals surface area contributed by atoms with Crippen molar-refractivity contribution in [2.24, 2.45) is 0 Å². The quantitative estimate of drug-likeness (QED) is 0.900. The molecule has 0 aliphatic rings. The predicted molar refractivity (Wildman–Crippen MR) is 76.3 cm³/mol. The van der Waals surface area contributed by atoms with E-state index in [9.17, 15) is 9.59 Å². The smallest absolute Gasteiger partial charge is 0.264 e. The number of hydrogen-bond acceptors (Lipinski definition) is 4. The van der Waals surface area contributed by atoms with Gasteiger partial charge in [0, 0.05) is 32.4 Å². The molecular formula is C13H16N4O2S. The minimum atomic E-state index is -0.134. The van der Waals surface area contributed by atoms with Gasteiger partial charge in [-0.25, -0.2) is 0 Å². The summed E-state index contributed by atoms with van der Waals surface area (Å²) in [7, 11) is 3.34. The summed E-state index contributed by atoms with van der Waals surface area (Å²) in [4.78, 5) is 27.7. The number of amides is 2. The van der Waals surface area contributed by atoms with Crippen LogP contribution in [0.3, 0.4) is 0 Å². The van der Waals surface area contributed by atoms with Crippen molar-refractivity contribution >= 4 is 23.2 Å². The van der Waals surface area contributed by atoms with Crippen LogP contribution in [-0.4, -0.2) is 52.5 Å². The van der Waals surface area contributed by atoms with Crippen LogP contribution in [0.1, 0.15) is 15.2 Å². The first-order valence-electron chi connectivity index (χ1n) is 6.08. The van der Waals surface area contributed by atoms with Crippen molar-refractivity contribution in [3.05, 3.63) is 40.3 Å². The molecule has 2 heterocycles. The van der Waals surface area contributed by atoms with E-state index in [0.717, 1.165) is 5.56 Å². The van der Waals surface area contributed by atoms with Gasteiger partial charge < -0.3 is 9.80 Å². The van der Waals surface area contributed by atoms with Gasteiger partial charge in [-0.3, -0.25) is 14.7 Å². The molecule has 2 amide bonds. The van der Waals surface area contributed by atoms with Crippen LogP contribution in [0.4, 0.5) is 0 Å². The molecule has 7 heteroatoms. The Hall–Kier alpha value is -2.15. The fourth-order valence-corrected chi connectivity index (χ4v) is 2.43. The lowest BCUT2D eigenvalue weighted by Crippen LogP contribution is -2.38. The van der Waals surface area contributed by atoms with Crippen LogP contribution < -0.4 is 0 Å². The van der Waals surface area contributed by atoms with Gasteiger partial charge in [-0.05, 0) is 11.4 Å². The second-order valence-corrected chi connectivity index (χ2v) is 5.44. The normalized spacial score (nSPS) is 10.3. The fraction of sp³-hybridized carbons (Fsp3) is 0.308. The van der Waals surface area contributed by atoms with Crippen LogP contribution in [-0.2, 0) is 11.3 Å². The van der Waals surface area contributed by atoms with Gasteiger partial charge in [0.2, 0.25) is 5.91 Å². The standard InChI is InChI=1S/C13H16N4O2S/c1-16(8-10-6-14-15-7-10)12(18)9-17(2)13(19)11-4-3-5-20-11/h3-7H,8-9H2,1-2H3,(H,14,15). The van der Waals surface area contributed by atoms with E-state index in [1.54, 1.807) is 37.5 Å². The zero-order valence-corrected chi connectivity index (χ0v) is 12.2. The largest absolute Gasteiger partial charge is 0.340 e. The summed E-state index contributed by atoms with van der Waals surface area (Å²) >= 11 is 1.37. The highest BCUT2D eigenvalue weighted by molar-refractivity contribution is 7.12. The van der Waals surface area contributed by atoms with Gasteiger partial charge in [0.25, 0.3) is 5.91 Å². The molecule has 0 unspecified atom stereocenters. The van der Waals surface area contributed by atoms with Gasteiger partial charge in [0.05, 0.1) is 17.6 Å². The van der Waals surface area contributed by atoms with E-state index in [1.807, 2.05) is 11.4 Å². The third kappa shape index (κ3) is 3.45. The van der Waals surface area contributed by atoms with Crippen LogP contribution in [0.2, 0.25) is 0 Å². The van der Waals surface area contributed by atoms with Gasteiger partial charge >= 0.3 is 0 Å². The average Bonchev–Trinajstić information content (AvgIpc) is 3.10. The topological polar surface area (TPSA) is 69.3 Å². The molecule has 0 aromatic carbocycles. The van der Waals surface area contributed by atoms with E-state index in [1.165, 1.54) is 16.2 Å². The molecule has 0 spiro atoms. The van der Waals surface area contributed by atoms with Crippen molar-refractivity contribution in [3.63, 3.8) is 0 Å². The number of nitrogens with one attached hydrogen (secondary N) is 1. The third-order valence-corrected chi connectivity index (χ3v) is 3.71. The van der Waals surface area contributed by atoms with Gasteiger partial charge in [-0.15, -0.1) is 11.3 Å². The number of likely N-dealkylation sites (N-methyl/N-ethyl adjacent to an activating group) is 2. The maximum absolute atomic E-state index is 12.1. The molecule has 0 fully saturated rings. The number of H-pyrrole nitrogens is 1. The predicted octanol–water partition coefficient (Wildman–Crippen LogP) is 1.20. The lowest BCUT2D eigenvalue weighted by atomic mass is 10.3. The number of rotatable bonds is 5. The maximum Gasteiger partial charge on any atom is 0.264 e. The van der Waals surface area contributed by atoms with Gasteiger partial charge in [0.1, 0.15) is 0 Å². The molecule has 6 nitrogen and oxygen atoms in total. The van der Waals surface area contributed by atoms with Crippen LogP contribution in [0, 0.1) is 0 Å². The number of carbonyl (C=O) groups excluding carboxylic acids is 2. The van der Waals surface area contributed by atoms with Crippen molar-refractivity contribution in [2.75, 3.05) is 20.6 Å². The van der Waals surface area contributed by atoms with Crippen LogP contribution in [0.25, 0.3) is 0 Å². The first-order chi connectivity index (χ1) is 9.58. The van der Waals surface area contributed by atoms with Crippen molar-refractivity contribution in [2.45, 2.75) is 6.54 Å². The minimum absolute atomic E-state index is 0.0606. The first kappa shape index (κ1) is 14.3. The Balaban J connectivity index is 1.88. The Morgan fingerprint density at radius 3 is 2.75 bits per heavy atom. The molecule has 2 aromatic rings. The van der Waals surface area contributed by atoms with Crippen LogP contribution in [0.5, 0.6) is 0 Å². The Morgan fingerprint density at radius 2 is 2.15 bits per heavy atom. The van der Waals surface area contributed by atoms with Crippen molar-refractivity contribution < 1.29 is 9.59 Å². The molecule has 0 aliphatic carbocycles. The molecule has 2 aromatic heterocycles. The summed E-state index contributed by atoms with van der Waals surface area (Å²) in [5, 5.41) is 8.37. The molecule has 0 saturated carbocycles. The maximum atomic E-state index is 12.1. The second kappa shape index (κ2) is 6.33. The number of aromatic amines is 1. The molecule has 0 radical (unpaired) electrons. The Morgan fingerprint density at radius 1 is 1.35 bits per heavy atom. The molecule has 1 N–H and O–H groups in total. The number of aromatic nitrogens is 2. The molecule has 20 heavy (non-hydrogen) atoms. The summed E-state index contributed by atoms with van der Waals surface area (Å²) in [6.07, 6.45) is 3.41. The van der Waals surface area contributed by atoms with Gasteiger partial charge in [-0.1, -0.05) is 6.07 Å². The Labute approximate surface area is 121 Å². The molecule has 0 saturated heterocycles. The summed E-state index contributed by atoms with van der Waals surface area (Å²) < 4.78 is 0. The minimum Gasteiger partial charge on any atom is -0.340 e. The number of carbonyl (C=O) groups is 2. The number of nitrogens with zero attached hydrogens (tertiary/aromatic N) is 3. The summed E-state index contributed by atoms with van der Waals surface area (Å²) in [6, 6.07) is 3.57. The zero-order chi connectivity index (χ0) is 14.5. The monoisotopic (exact) mass is 292 g/mol. The number of hydrogen-bond donors (Lipinski definition) is 1. The van der Waals surface area contributed by atoms with Gasteiger partial charge in [0.15, 0.2) is 0 Å². The summed E-state index contributed by atoms with van der Waals surface area (Å²) in [5.41, 5.74) is 0.924. The number of thiophene rings is 1. The SMILES string of the molecule is CN(Cc1cn[nH]c1)C(=O)CN(C)C(=O)c1cccs1. The molecule has 0 bridgehead atoms. The van der Waals surface area contributed by atoms with Crippen molar-refractivity contribution in [1.82, 2.24) is 20.0 Å². The van der Waals surface area contributed by atoms with E-state index in [0.29, 0.717) is 11.4 Å². The lowest BCUT2D eigenvalue weighted by molar-refractivity contribution is -0.130. The van der Waals surface area contributed by atoms with E-state index >= 15 is 0 Å². The second-order valence-electron chi connectivity index (χ2n) is 4.49. The van der Waals surface area contributed by atoms with E-state index in [-0.39, 0.29) is 18.4 Å². The van der Waals surface area contributed by atoms with Crippen LogP contribution >= 0.6 is 11.3 Å². The van der Waals surface area contributed by atoms with E-state index in [2.05, 4.69) is 10.2 Å². The van der Waals surface area contributed by atoms with Crippen molar-refractivity contribution in [1.29, 1.82) is 0 Å².